The fourth-order valence-corrected chi connectivity index (χ4v) is 8.33. The van der Waals surface area contributed by atoms with Crippen molar-refractivity contribution in [1.82, 2.24) is 13.7 Å². The van der Waals surface area contributed by atoms with Gasteiger partial charge in [0.05, 0.1) is 17.1 Å². The molecule has 0 saturated heterocycles. The SMILES string of the molecule is C#CC(C)(C)C.C=Nc1ccccc1.CC(C)(C)c1cc(C(C)(C)C)n(-c2ccccc2)c1.CC(C)(C)c1cn(-c2ccccc2)cc1C(C)(C)C.Cc1ccc(C(C)(C)C)n1-c1ccccc1.c1ccc(N=Nc2ccccc2)cc1. The molecule has 9 rings (SSSR count). The van der Waals surface area contributed by atoms with Crippen molar-refractivity contribution in [1.29, 1.82) is 0 Å². The van der Waals surface area contributed by atoms with Crippen molar-refractivity contribution >= 4 is 23.8 Å². The second kappa shape index (κ2) is 29.6. The summed E-state index contributed by atoms with van der Waals surface area (Å²) in [6.45, 7) is 45.6. The van der Waals surface area contributed by atoms with Crippen LogP contribution in [0.3, 0.4) is 0 Å². The smallest absolute Gasteiger partial charge is 0.0857 e. The zero-order valence-electron chi connectivity index (χ0n) is 53.3. The predicted molar refractivity (Wildman–Crippen MR) is 357 cm³/mol. The lowest BCUT2D eigenvalue weighted by atomic mass is 9.78. The van der Waals surface area contributed by atoms with Crippen LogP contribution in [0.2, 0.25) is 0 Å². The minimum absolute atomic E-state index is 0.0694. The number of hydrogen-bond donors (Lipinski definition) is 0. The van der Waals surface area contributed by atoms with Crippen LogP contribution >= 0.6 is 0 Å². The number of para-hydroxylation sites is 4. The van der Waals surface area contributed by atoms with Gasteiger partial charge in [-0.05, 0) is 158 Å². The average molecular weight is 1090 g/mol. The molecule has 9 aromatic rings. The Hall–Kier alpha value is -8.01. The first kappa shape index (κ1) is 66.5. The molecule has 0 fully saturated rings. The number of aliphatic imine (C=N–C) groups is 1. The summed E-state index contributed by atoms with van der Waals surface area (Å²) in [6.07, 6.45) is 11.9. The van der Waals surface area contributed by atoms with Crippen molar-refractivity contribution in [2.75, 3.05) is 0 Å². The summed E-state index contributed by atoms with van der Waals surface area (Å²) in [5.74, 6) is 2.60. The first-order valence-electron chi connectivity index (χ1n) is 28.7. The molecule has 0 aliphatic rings. The van der Waals surface area contributed by atoms with Crippen molar-refractivity contribution in [3.63, 3.8) is 0 Å². The van der Waals surface area contributed by atoms with Gasteiger partial charge in [-0.25, -0.2) is 0 Å². The first-order chi connectivity index (χ1) is 38.3. The monoisotopic (exact) mass is 1090 g/mol. The summed E-state index contributed by atoms with van der Waals surface area (Å²) in [4.78, 5) is 3.72. The number of benzene rings is 6. The summed E-state index contributed by atoms with van der Waals surface area (Å²) in [5.41, 5.74) is 15.5. The molecule has 6 heteroatoms. The highest BCUT2D eigenvalue weighted by Crippen LogP contribution is 2.36. The fourth-order valence-electron chi connectivity index (χ4n) is 8.33. The van der Waals surface area contributed by atoms with Gasteiger partial charge in [0.25, 0.3) is 0 Å². The van der Waals surface area contributed by atoms with Crippen LogP contribution in [-0.2, 0) is 27.1 Å². The predicted octanol–water partition coefficient (Wildman–Crippen LogP) is 22.0. The number of aryl methyl sites for hydroxylation is 1. The van der Waals surface area contributed by atoms with Crippen LogP contribution in [0.5, 0.6) is 0 Å². The minimum Gasteiger partial charge on any atom is -0.323 e. The Labute approximate surface area is 496 Å². The Kier molecular flexibility index (Phi) is 24.0. The van der Waals surface area contributed by atoms with E-state index in [1.54, 1.807) is 0 Å². The molecular weight excluding hydrogens is 997 g/mol. The fraction of sp³-hybridized carbons (Fsp3) is 0.329. The molecule has 0 amide bonds. The van der Waals surface area contributed by atoms with Crippen LogP contribution in [-0.4, -0.2) is 20.4 Å². The molecule has 82 heavy (non-hydrogen) atoms. The van der Waals surface area contributed by atoms with E-state index in [9.17, 15) is 0 Å². The third-order valence-electron chi connectivity index (χ3n) is 13.0. The van der Waals surface area contributed by atoms with Crippen LogP contribution in [0, 0.1) is 24.7 Å². The van der Waals surface area contributed by atoms with Gasteiger partial charge in [-0.3, -0.25) is 4.99 Å². The molecule has 0 saturated carbocycles. The molecule has 0 aliphatic heterocycles. The van der Waals surface area contributed by atoms with Gasteiger partial charge < -0.3 is 13.7 Å². The van der Waals surface area contributed by atoms with Crippen molar-refractivity contribution in [3.05, 3.63) is 253 Å². The maximum Gasteiger partial charge on any atom is 0.0857 e. The van der Waals surface area contributed by atoms with Crippen molar-refractivity contribution in [3.8, 4) is 29.4 Å². The Morgan fingerprint density at radius 2 is 0.720 bits per heavy atom. The van der Waals surface area contributed by atoms with Gasteiger partial charge in [0.1, 0.15) is 0 Å². The van der Waals surface area contributed by atoms with Gasteiger partial charge in [-0.15, -0.1) is 12.3 Å². The van der Waals surface area contributed by atoms with Gasteiger partial charge in [0, 0.05) is 69.0 Å². The molecular formula is C76H96N6. The third kappa shape index (κ3) is 21.8. The molecule has 0 radical (unpaired) electrons. The Morgan fingerprint density at radius 1 is 0.378 bits per heavy atom. The van der Waals surface area contributed by atoms with E-state index in [0.29, 0.717) is 0 Å². The average Bonchev–Trinajstić information content (AvgIpc) is 4.22. The summed E-state index contributed by atoms with van der Waals surface area (Å²) in [6, 6.07) is 67.5. The molecule has 0 atom stereocenters. The van der Waals surface area contributed by atoms with Crippen molar-refractivity contribution in [2.24, 2.45) is 20.6 Å². The molecule has 3 heterocycles. The van der Waals surface area contributed by atoms with E-state index in [0.717, 1.165) is 17.1 Å². The molecule has 6 nitrogen and oxygen atoms in total. The molecule has 0 aliphatic carbocycles. The topological polar surface area (TPSA) is 51.9 Å². The molecule has 0 N–H and O–H groups in total. The highest BCUT2D eigenvalue weighted by Gasteiger charge is 2.28. The Balaban J connectivity index is 0.000000219. The van der Waals surface area contributed by atoms with Gasteiger partial charge in [0.15, 0.2) is 0 Å². The van der Waals surface area contributed by atoms with Gasteiger partial charge in [-0.2, -0.15) is 10.2 Å². The van der Waals surface area contributed by atoms with Crippen LogP contribution < -0.4 is 0 Å². The maximum atomic E-state index is 5.06. The zero-order valence-corrected chi connectivity index (χ0v) is 53.3. The standard InChI is InChI=1S/2C18H25N.C15H19N.C12H10N2.C7H7N.C6H10/c1-17(2,3)14-12-16(18(4,5)6)19(13-14)15-10-8-7-9-11-15;1-17(2,3)15-12-19(13-16(15)18(4,5)6)14-10-8-7-9-11-14;1-12-10-11-14(15(2,3)4)16(12)13-8-6-5-7-9-13;1-3-7-11(8-4-1)13-14-12-9-5-2-6-10-12;1-8-7-5-3-2-4-6-7;1-5-6(2,3)4/h2*7-13H,1-6H3;5-11H,1-4H3;1-10H;2-6H,1H2;1H,2-4H3. The number of rotatable bonds is 6. The minimum atomic E-state index is 0.0694. The molecule has 0 unspecified atom stereocenters. The van der Waals surface area contributed by atoms with Gasteiger partial charge >= 0.3 is 0 Å². The quantitative estimate of drug-likeness (QED) is 0.0905. The number of aromatic nitrogens is 3. The summed E-state index contributed by atoms with van der Waals surface area (Å²) >= 11 is 0. The maximum absolute atomic E-state index is 5.06. The van der Waals surface area contributed by atoms with E-state index in [4.69, 9.17) is 6.42 Å². The van der Waals surface area contributed by atoms with Gasteiger partial charge in [-0.1, -0.05) is 213 Å². The Morgan fingerprint density at radius 3 is 1.04 bits per heavy atom. The van der Waals surface area contributed by atoms with E-state index >= 15 is 0 Å². The highest BCUT2D eigenvalue weighted by atomic mass is 15.1. The van der Waals surface area contributed by atoms with E-state index in [1.807, 2.05) is 112 Å². The van der Waals surface area contributed by atoms with Crippen LogP contribution in [0.4, 0.5) is 17.1 Å². The van der Waals surface area contributed by atoms with E-state index < -0.39 is 0 Å². The lowest BCUT2D eigenvalue weighted by molar-refractivity contribution is 0.534. The molecule has 0 bridgehead atoms. The molecule has 0 spiro atoms. The Bertz CT molecular complexity index is 3250. The van der Waals surface area contributed by atoms with Crippen molar-refractivity contribution in [2.45, 2.75) is 159 Å². The summed E-state index contributed by atoms with van der Waals surface area (Å²) < 4.78 is 6.92. The first-order valence-corrected chi connectivity index (χ1v) is 28.7. The normalized spacial score (nSPS) is 11.6. The molecule has 430 valence electrons. The van der Waals surface area contributed by atoms with E-state index in [1.165, 1.54) is 50.8 Å². The number of azo groups is 1. The number of nitrogens with zero attached hydrogens (tertiary/aromatic N) is 6. The lowest BCUT2D eigenvalue weighted by Crippen LogP contribution is -2.19. The zero-order chi connectivity index (χ0) is 60.9. The van der Waals surface area contributed by atoms with Crippen molar-refractivity contribution < 1.29 is 0 Å². The second-order valence-electron chi connectivity index (χ2n) is 26.7. The number of hydrogen-bond acceptors (Lipinski definition) is 3. The third-order valence-corrected chi connectivity index (χ3v) is 13.0. The summed E-state index contributed by atoms with van der Waals surface area (Å²) in [7, 11) is 0. The molecule has 6 aromatic carbocycles. The van der Waals surface area contributed by atoms with Crippen LogP contribution in [0.25, 0.3) is 17.1 Å². The molecule has 3 aromatic heterocycles. The van der Waals surface area contributed by atoms with Crippen LogP contribution in [0.15, 0.2) is 234 Å². The number of terminal acetylenes is 1. The van der Waals surface area contributed by atoms with E-state index in [-0.39, 0.29) is 32.5 Å². The van der Waals surface area contributed by atoms with Gasteiger partial charge in [0.2, 0.25) is 0 Å². The second-order valence-corrected chi connectivity index (χ2v) is 26.7. The van der Waals surface area contributed by atoms with E-state index in [2.05, 4.69) is 280 Å². The lowest BCUT2D eigenvalue weighted by Gasteiger charge is -2.26. The van der Waals surface area contributed by atoms with Crippen LogP contribution in [0.1, 0.15) is 158 Å². The largest absolute Gasteiger partial charge is 0.323 e. The highest BCUT2D eigenvalue weighted by molar-refractivity contribution is 5.46. The summed E-state index contributed by atoms with van der Waals surface area (Å²) in [5, 5.41) is 8.20.